The normalized spacial score (nSPS) is 17.0. The molecular formula is C15H15ClN4O. The maximum atomic E-state index is 12.1. The van der Waals surface area contributed by atoms with Crippen molar-refractivity contribution in [3.05, 3.63) is 39.4 Å². The van der Waals surface area contributed by atoms with Gasteiger partial charge in [-0.1, -0.05) is 11.6 Å². The molecule has 2 heterocycles. The summed E-state index contributed by atoms with van der Waals surface area (Å²) in [5.74, 6) is 0.817. The predicted octanol–water partition coefficient (Wildman–Crippen LogP) is 2.31. The van der Waals surface area contributed by atoms with E-state index in [-0.39, 0.29) is 11.5 Å². The van der Waals surface area contributed by atoms with Gasteiger partial charge in [0.25, 0.3) is 5.56 Å². The number of H-pyrrole nitrogens is 1. The zero-order valence-electron chi connectivity index (χ0n) is 11.5. The van der Waals surface area contributed by atoms with E-state index >= 15 is 0 Å². The van der Waals surface area contributed by atoms with Crippen LogP contribution in [0.1, 0.15) is 18.7 Å². The monoisotopic (exact) mass is 302 g/mol. The van der Waals surface area contributed by atoms with E-state index in [1.54, 1.807) is 18.2 Å². The standard InChI is InChI=1S/C15H15ClN4O/c16-11-1-2-13-12(7-11)15(21)19-14(18-13)9-20-5-3-10(8-17)4-6-20/h1-2,7,10H,3-6,9H2,(H,18,19,21). The number of fused-ring (bicyclic) bond motifs is 1. The van der Waals surface area contributed by atoms with Crippen molar-refractivity contribution in [2.45, 2.75) is 19.4 Å². The molecule has 1 aromatic heterocycles. The van der Waals surface area contributed by atoms with Gasteiger partial charge in [-0.3, -0.25) is 9.69 Å². The maximum Gasteiger partial charge on any atom is 0.258 e. The molecule has 1 aromatic carbocycles. The second kappa shape index (κ2) is 5.84. The molecule has 1 aliphatic heterocycles. The topological polar surface area (TPSA) is 72.8 Å². The van der Waals surface area contributed by atoms with Crippen molar-refractivity contribution >= 4 is 22.5 Å². The highest BCUT2D eigenvalue weighted by atomic mass is 35.5. The molecule has 108 valence electrons. The lowest BCUT2D eigenvalue weighted by atomic mass is 9.99. The smallest absolute Gasteiger partial charge is 0.258 e. The minimum Gasteiger partial charge on any atom is -0.309 e. The fourth-order valence-corrected chi connectivity index (χ4v) is 2.84. The molecule has 0 unspecified atom stereocenters. The second-order valence-electron chi connectivity index (χ2n) is 5.35. The molecule has 0 atom stereocenters. The number of halogens is 1. The van der Waals surface area contributed by atoms with E-state index in [0.717, 1.165) is 25.9 Å². The lowest BCUT2D eigenvalue weighted by Gasteiger charge is -2.28. The van der Waals surface area contributed by atoms with E-state index in [0.29, 0.717) is 28.3 Å². The molecule has 1 aliphatic rings. The Morgan fingerprint density at radius 2 is 2.19 bits per heavy atom. The first kappa shape index (κ1) is 14.1. The zero-order valence-corrected chi connectivity index (χ0v) is 12.2. The zero-order chi connectivity index (χ0) is 14.8. The molecule has 3 rings (SSSR count). The van der Waals surface area contributed by atoms with Crippen LogP contribution < -0.4 is 5.56 Å². The highest BCUT2D eigenvalue weighted by Gasteiger charge is 2.19. The summed E-state index contributed by atoms with van der Waals surface area (Å²) in [4.78, 5) is 21.6. The van der Waals surface area contributed by atoms with Crippen LogP contribution in [-0.4, -0.2) is 28.0 Å². The summed E-state index contributed by atoms with van der Waals surface area (Å²) in [7, 11) is 0. The minimum absolute atomic E-state index is 0.159. The number of likely N-dealkylation sites (tertiary alicyclic amines) is 1. The van der Waals surface area contributed by atoms with E-state index in [9.17, 15) is 4.79 Å². The fourth-order valence-electron chi connectivity index (χ4n) is 2.67. The molecule has 0 aliphatic carbocycles. The first-order valence-electron chi connectivity index (χ1n) is 6.96. The van der Waals surface area contributed by atoms with Crippen molar-refractivity contribution < 1.29 is 0 Å². The van der Waals surface area contributed by atoms with Crippen LogP contribution in [0, 0.1) is 17.2 Å². The highest BCUT2D eigenvalue weighted by Crippen LogP contribution is 2.18. The minimum atomic E-state index is -0.163. The Bertz CT molecular complexity index is 756. The summed E-state index contributed by atoms with van der Waals surface area (Å²) in [5.41, 5.74) is 0.495. The summed E-state index contributed by atoms with van der Waals surface area (Å²) in [6.45, 7) is 2.33. The fraction of sp³-hybridized carbons (Fsp3) is 0.400. The quantitative estimate of drug-likeness (QED) is 0.924. The van der Waals surface area contributed by atoms with Crippen molar-refractivity contribution in [3.63, 3.8) is 0 Å². The number of nitrogens with zero attached hydrogens (tertiary/aromatic N) is 3. The van der Waals surface area contributed by atoms with Crippen LogP contribution in [0.4, 0.5) is 0 Å². The van der Waals surface area contributed by atoms with Gasteiger partial charge in [0.1, 0.15) is 5.82 Å². The molecule has 5 nitrogen and oxygen atoms in total. The van der Waals surface area contributed by atoms with Crippen LogP contribution in [0.5, 0.6) is 0 Å². The molecule has 6 heteroatoms. The number of aromatic nitrogens is 2. The van der Waals surface area contributed by atoms with Gasteiger partial charge >= 0.3 is 0 Å². The number of benzene rings is 1. The Balaban J connectivity index is 1.81. The van der Waals surface area contributed by atoms with Crippen molar-refractivity contribution in [3.8, 4) is 6.07 Å². The van der Waals surface area contributed by atoms with Gasteiger partial charge in [0, 0.05) is 10.9 Å². The highest BCUT2D eigenvalue weighted by molar-refractivity contribution is 6.31. The molecule has 21 heavy (non-hydrogen) atoms. The van der Waals surface area contributed by atoms with Gasteiger partial charge in [0.05, 0.1) is 23.5 Å². The molecule has 1 saturated heterocycles. The number of hydrogen-bond acceptors (Lipinski definition) is 4. The lowest BCUT2D eigenvalue weighted by molar-refractivity contribution is 0.194. The number of aromatic amines is 1. The Kier molecular flexibility index (Phi) is 3.91. The molecule has 0 saturated carbocycles. The van der Waals surface area contributed by atoms with Crippen molar-refractivity contribution in [2.24, 2.45) is 5.92 Å². The van der Waals surface area contributed by atoms with Crippen LogP contribution in [0.25, 0.3) is 10.9 Å². The summed E-state index contributed by atoms with van der Waals surface area (Å²) < 4.78 is 0. The van der Waals surface area contributed by atoms with Crippen LogP contribution >= 0.6 is 11.6 Å². The third-order valence-electron chi connectivity index (χ3n) is 3.86. The van der Waals surface area contributed by atoms with Crippen molar-refractivity contribution in [1.29, 1.82) is 5.26 Å². The third kappa shape index (κ3) is 3.07. The average Bonchev–Trinajstić information content (AvgIpc) is 2.49. The van der Waals surface area contributed by atoms with Gasteiger partial charge in [0.2, 0.25) is 0 Å². The van der Waals surface area contributed by atoms with E-state index in [1.165, 1.54) is 0 Å². The molecule has 0 spiro atoms. The van der Waals surface area contributed by atoms with Gasteiger partial charge in [0.15, 0.2) is 0 Å². The average molecular weight is 303 g/mol. The number of rotatable bonds is 2. The Morgan fingerprint density at radius 3 is 2.90 bits per heavy atom. The van der Waals surface area contributed by atoms with Crippen LogP contribution in [-0.2, 0) is 6.54 Å². The van der Waals surface area contributed by atoms with Crippen molar-refractivity contribution in [2.75, 3.05) is 13.1 Å². The number of nitriles is 1. The lowest BCUT2D eigenvalue weighted by Crippen LogP contribution is -2.33. The Hall–Kier alpha value is -1.90. The van der Waals surface area contributed by atoms with Crippen molar-refractivity contribution in [1.82, 2.24) is 14.9 Å². The van der Waals surface area contributed by atoms with E-state index in [4.69, 9.17) is 16.9 Å². The van der Waals surface area contributed by atoms with Crippen LogP contribution in [0.15, 0.2) is 23.0 Å². The largest absolute Gasteiger partial charge is 0.309 e. The number of piperidine rings is 1. The molecule has 0 amide bonds. The van der Waals surface area contributed by atoms with E-state index < -0.39 is 0 Å². The number of hydrogen-bond donors (Lipinski definition) is 1. The molecule has 1 fully saturated rings. The van der Waals surface area contributed by atoms with Crippen LogP contribution in [0.2, 0.25) is 5.02 Å². The summed E-state index contributed by atoms with van der Waals surface area (Å²) >= 11 is 5.90. The first-order chi connectivity index (χ1) is 10.2. The SMILES string of the molecule is N#CC1CCN(Cc2nc3ccc(Cl)cc3c(=O)[nH]2)CC1. The molecular weight excluding hydrogens is 288 g/mol. The van der Waals surface area contributed by atoms with E-state index in [1.807, 2.05) is 0 Å². The maximum absolute atomic E-state index is 12.1. The first-order valence-corrected chi connectivity index (χ1v) is 7.34. The molecule has 2 aromatic rings. The van der Waals surface area contributed by atoms with E-state index in [2.05, 4.69) is 20.9 Å². The van der Waals surface area contributed by atoms with Gasteiger partial charge in [-0.25, -0.2) is 4.98 Å². The molecule has 0 radical (unpaired) electrons. The predicted molar refractivity (Wildman–Crippen MR) is 81.0 cm³/mol. The Morgan fingerprint density at radius 1 is 1.43 bits per heavy atom. The Labute approximate surface area is 127 Å². The summed E-state index contributed by atoms with van der Waals surface area (Å²) in [6, 6.07) is 7.44. The van der Waals surface area contributed by atoms with Gasteiger partial charge < -0.3 is 4.98 Å². The second-order valence-corrected chi connectivity index (χ2v) is 5.79. The molecule has 0 bridgehead atoms. The summed E-state index contributed by atoms with van der Waals surface area (Å²) in [5, 5.41) is 9.94. The van der Waals surface area contributed by atoms with Gasteiger partial charge in [-0.05, 0) is 44.1 Å². The number of nitrogens with one attached hydrogen (secondary N) is 1. The van der Waals surface area contributed by atoms with Gasteiger partial charge in [-0.15, -0.1) is 0 Å². The van der Waals surface area contributed by atoms with Gasteiger partial charge in [-0.2, -0.15) is 5.26 Å². The summed E-state index contributed by atoms with van der Waals surface area (Å²) in [6.07, 6.45) is 1.76. The van der Waals surface area contributed by atoms with Crippen LogP contribution in [0.3, 0.4) is 0 Å². The molecule has 1 N–H and O–H groups in total. The third-order valence-corrected chi connectivity index (χ3v) is 4.10.